The molecule has 0 spiro atoms. The van der Waals surface area contributed by atoms with Crippen molar-refractivity contribution in [3.63, 3.8) is 0 Å². The summed E-state index contributed by atoms with van der Waals surface area (Å²) in [5.74, 6) is 0. The molecule has 2 radical (unpaired) electrons. The summed E-state index contributed by atoms with van der Waals surface area (Å²) in [4.78, 5) is 0. The van der Waals surface area contributed by atoms with Crippen LogP contribution in [0.1, 0.15) is 25.0 Å². The van der Waals surface area contributed by atoms with Gasteiger partial charge in [-0.3, -0.25) is 8.97 Å². The molecule has 0 atom stereocenters. The van der Waals surface area contributed by atoms with Crippen molar-refractivity contribution in [2.75, 3.05) is 41.3 Å². The SMILES string of the molecule is C=CC[N+](C)(C)c1ccc(-c2cccc3[cH-]c(CC)cc23)cc1.C=CC[N+](C)(C)c1ccc(-c2cccc3[cH-]c(CC)cc23)cc1.C[Si]C.[Cl][Zr]([Cl])([I])[I]. The Balaban J connectivity index is 0.000000243. The number of aryl methyl sites for hydroxylation is 2. The van der Waals surface area contributed by atoms with Crippen LogP contribution in [0.5, 0.6) is 0 Å². The number of benzene rings is 4. The maximum absolute atomic E-state index is 5.48. The van der Waals surface area contributed by atoms with Crippen LogP contribution >= 0.6 is 53.1 Å². The van der Waals surface area contributed by atoms with Crippen molar-refractivity contribution in [1.82, 2.24) is 8.97 Å². The normalized spacial score (nSPS) is 11.5. The van der Waals surface area contributed by atoms with Crippen LogP contribution in [-0.4, -0.2) is 50.8 Å². The van der Waals surface area contributed by atoms with Crippen molar-refractivity contribution >= 4 is 95.6 Å². The van der Waals surface area contributed by atoms with Gasteiger partial charge in [0.1, 0.15) is 24.5 Å². The molecule has 0 amide bonds. The molecule has 0 fully saturated rings. The number of quaternary nitrogens is 2. The molecule has 0 saturated heterocycles. The fourth-order valence-electron chi connectivity index (χ4n) is 6.45. The van der Waals surface area contributed by atoms with E-state index in [9.17, 15) is 0 Å². The second-order valence-electron chi connectivity index (χ2n) is 14.4. The van der Waals surface area contributed by atoms with Crippen LogP contribution in [0.15, 0.2) is 135 Å². The minimum atomic E-state index is -2.30. The number of hydrogen-bond donors (Lipinski definition) is 0. The molecule has 0 aliphatic carbocycles. The molecule has 2 nitrogen and oxygen atoms in total. The monoisotopic (exact) mass is 1080 g/mol. The Morgan fingerprint density at radius 3 is 1.22 bits per heavy atom. The summed E-state index contributed by atoms with van der Waals surface area (Å²) in [5, 5.41) is 5.39. The molecule has 0 unspecified atom stereocenters. The van der Waals surface area contributed by atoms with Gasteiger partial charge in [0.2, 0.25) is 0 Å². The molecule has 0 aliphatic rings. The van der Waals surface area contributed by atoms with Gasteiger partial charge in [-0.1, -0.05) is 63.4 Å². The van der Waals surface area contributed by atoms with Gasteiger partial charge < -0.3 is 0 Å². The van der Waals surface area contributed by atoms with E-state index in [0.717, 1.165) is 44.4 Å². The molecule has 0 heterocycles. The second-order valence-corrected chi connectivity index (χ2v) is 71.8. The van der Waals surface area contributed by atoms with Gasteiger partial charge in [0.15, 0.2) is 0 Å². The van der Waals surface area contributed by atoms with Crippen molar-refractivity contribution in [3.05, 3.63) is 146 Å². The molecular weight excluding hydrogens is 1020 g/mol. The predicted octanol–water partition coefficient (Wildman–Crippen LogP) is 15.0. The van der Waals surface area contributed by atoms with Gasteiger partial charge >= 0.3 is 62.6 Å². The van der Waals surface area contributed by atoms with E-state index in [1.165, 1.54) is 66.3 Å². The van der Waals surface area contributed by atoms with Crippen molar-refractivity contribution in [1.29, 1.82) is 0 Å². The summed E-state index contributed by atoms with van der Waals surface area (Å²) in [6.07, 6.45) is 6.12. The summed E-state index contributed by atoms with van der Waals surface area (Å²) in [7, 11) is 18.6. The predicted molar refractivity (Wildman–Crippen MR) is 263 cm³/mol. The number of halogens is 4. The number of fused-ring (bicyclic) bond motifs is 2. The zero-order valence-electron chi connectivity index (χ0n) is 33.2. The van der Waals surface area contributed by atoms with E-state index in [2.05, 4.69) is 214 Å². The second kappa shape index (κ2) is 22.0. The summed E-state index contributed by atoms with van der Waals surface area (Å²) in [6.45, 7) is 18.3. The van der Waals surface area contributed by atoms with Gasteiger partial charge in [0.25, 0.3) is 0 Å². The Labute approximate surface area is 358 Å². The van der Waals surface area contributed by atoms with Gasteiger partial charge in [-0.15, -0.1) is 69.1 Å². The Hall–Kier alpha value is -1.36. The Morgan fingerprint density at radius 1 is 0.630 bits per heavy atom. The first-order chi connectivity index (χ1) is 25.5. The van der Waals surface area contributed by atoms with Crippen molar-refractivity contribution in [2.24, 2.45) is 0 Å². The fourth-order valence-corrected chi connectivity index (χ4v) is 6.45. The van der Waals surface area contributed by atoms with Crippen LogP contribution in [-0.2, 0) is 22.3 Å². The van der Waals surface area contributed by atoms with Gasteiger partial charge in [-0.05, 0) is 84.7 Å². The summed E-state index contributed by atoms with van der Waals surface area (Å²) in [5.41, 5.74) is 10.6. The number of hydrogen-bond acceptors (Lipinski definition) is 0. The molecule has 6 aromatic rings. The van der Waals surface area contributed by atoms with Gasteiger partial charge in [-0.2, -0.15) is 12.1 Å². The van der Waals surface area contributed by atoms with E-state index < -0.39 is 9.50 Å². The molecule has 0 bridgehead atoms. The number of nitrogens with zero attached hydrogens (tertiary/aromatic N) is 2. The average molecular weight is 1080 g/mol. The van der Waals surface area contributed by atoms with E-state index >= 15 is 0 Å². The molecule has 0 aliphatic heterocycles. The van der Waals surface area contributed by atoms with Crippen LogP contribution in [0, 0.1) is 0 Å². The van der Waals surface area contributed by atoms with Crippen LogP contribution in [0.25, 0.3) is 43.8 Å². The summed E-state index contributed by atoms with van der Waals surface area (Å²) >= 11 is 4.21. The van der Waals surface area contributed by atoms with Crippen molar-refractivity contribution in [2.45, 2.75) is 39.8 Å². The molecule has 0 saturated carbocycles. The first kappa shape index (κ1) is 47.0. The van der Waals surface area contributed by atoms with E-state index in [-0.39, 0.29) is 0 Å². The van der Waals surface area contributed by atoms with Gasteiger partial charge in [0, 0.05) is 9.52 Å². The Morgan fingerprint density at radius 2 is 0.944 bits per heavy atom. The molecule has 6 aromatic carbocycles. The topological polar surface area (TPSA) is 0 Å². The van der Waals surface area contributed by atoms with E-state index in [4.69, 9.17) is 17.0 Å². The van der Waals surface area contributed by atoms with E-state index in [1.54, 1.807) is 0 Å². The zero-order chi connectivity index (χ0) is 40.1. The fraction of sp³-hybridized carbons (Fsp3) is 0.261. The van der Waals surface area contributed by atoms with E-state index in [0.29, 0.717) is 0 Å². The standard InChI is InChI=1S/2C22H25N.C2H6Si.2ClH.2HI.Zr/c2*1-5-14-23(3,4)20-12-10-18(11-13-20)21-9-7-8-19-15-17(6-2)16-22(19)21;1-3-2;;;;;/h2*5,7-13,15-16H,1,6,14H2,2-4H3;1-2H3;4*1H;/q;;;;;;;+4/p-4. The first-order valence-corrected chi connectivity index (χ1v) is 41.3. The Bertz CT molecular complexity index is 1930. The van der Waals surface area contributed by atoms with Crippen LogP contribution in [0.3, 0.4) is 0 Å². The zero-order valence-corrected chi connectivity index (χ0v) is 42.5. The number of rotatable bonds is 10. The van der Waals surface area contributed by atoms with Crippen LogP contribution < -0.4 is 8.97 Å². The molecule has 286 valence electrons. The summed E-state index contributed by atoms with van der Waals surface area (Å²) in [6, 6.07) is 40.3. The van der Waals surface area contributed by atoms with Crippen molar-refractivity contribution < 1.29 is 9.50 Å². The third-order valence-corrected chi connectivity index (χ3v) is 9.36. The van der Waals surface area contributed by atoms with E-state index in [1.807, 2.05) is 12.2 Å². The molecule has 0 aromatic heterocycles. The third kappa shape index (κ3) is 13.9. The summed E-state index contributed by atoms with van der Waals surface area (Å²) < 4.78 is 1.65. The van der Waals surface area contributed by atoms with Gasteiger partial charge in [0.05, 0.1) is 28.2 Å². The van der Waals surface area contributed by atoms with Gasteiger partial charge in [-0.25, -0.2) is 0 Å². The quantitative estimate of drug-likeness (QED) is 0.0422. The van der Waals surface area contributed by atoms with Crippen LogP contribution in [0.4, 0.5) is 11.4 Å². The maximum atomic E-state index is 5.48. The Kier molecular flexibility index (Phi) is 19.1. The molecule has 6 rings (SSSR count). The first-order valence-electron chi connectivity index (χ1n) is 18.3. The average Bonchev–Trinajstić information content (AvgIpc) is 3.76. The molecule has 0 N–H and O–H groups in total. The van der Waals surface area contributed by atoms with Crippen LogP contribution in [0.2, 0.25) is 13.1 Å². The molecular formula is C46H56Cl2I2N2SiZr. The molecule has 54 heavy (non-hydrogen) atoms. The minimum absolute atomic E-state index is 0.824. The van der Waals surface area contributed by atoms with Crippen molar-refractivity contribution in [3.8, 4) is 22.3 Å². The number of likely N-dealkylation sites (N-methyl/N-ethyl adjacent to an activating group) is 2. The third-order valence-electron chi connectivity index (χ3n) is 9.36. The molecule has 8 heteroatoms.